The molecule has 3 heterocycles. The largest absolute Gasteiger partial charge is 0.390 e. The summed E-state index contributed by atoms with van der Waals surface area (Å²) in [6.45, 7) is 1.96. The molecule has 0 saturated heterocycles. The molecule has 0 aliphatic carbocycles. The van der Waals surface area contributed by atoms with Crippen LogP contribution >= 0.6 is 0 Å². The summed E-state index contributed by atoms with van der Waals surface area (Å²) in [5, 5.41) is 16.5. The molecule has 5 rings (SSSR count). The molecular formula is C28H27N3O2. The van der Waals surface area contributed by atoms with Gasteiger partial charge in [0.25, 0.3) is 0 Å². The van der Waals surface area contributed by atoms with Crippen LogP contribution in [0.2, 0.25) is 0 Å². The molecule has 0 bridgehead atoms. The Morgan fingerprint density at radius 2 is 1.91 bits per heavy atom. The van der Waals surface area contributed by atoms with Crippen molar-refractivity contribution >= 4 is 16.6 Å². The standard InChI is InChI=1S/C28H27N3O2/c1-19-13-25-16-24(18-32)30-31(25)26(10-8-20-5-3-2-4-6-20)28(19)27(33)15-21-7-9-23-17-29-12-11-22(23)14-21/h2-7,9,11-12,14,16-17,26,32H,8,10,13,15,18H2,1H3. The number of pyridine rings is 1. The van der Waals surface area contributed by atoms with Gasteiger partial charge in [-0.15, -0.1) is 0 Å². The van der Waals surface area contributed by atoms with Crippen molar-refractivity contribution in [2.24, 2.45) is 0 Å². The van der Waals surface area contributed by atoms with E-state index in [1.807, 2.05) is 53.3 Å². The third kappa shape index (κ3) is 4.37. The third-order valence-electron chi connectivity index (χ3n) is 6.48. The third-order valence-corrected chi connectivity index (χ3v) is 6.48. The van der Waals surface area contributed by atoms with E-state index < -0.39 is 0 Å². The highest BCUT2D eigenvalue weighted by Gasteiger charge is 2.31. The molecule has 0 fully saturated rings. The van der Waals surface area contributed by atoms with Crippen LogP contribution in [0.4, 0.5) is 0 Å². The smallest absolute Gasteiger partial charge is 0.165 e. The van der Waals surface area contributed by atoms with Gasteiger partial charge in [-0.1, -0.05) is 54.1 Å². The fourth-order valence-corrected chi connectivity index (χ4v) is 4.90. The second-order valence-corrected chi connectivity index (χ2v) is 8.80. The number of Topliss-reactive ketones (excluding diaryl/α,β-unsaturated/α-hetero) is 1. The number of rotatable bonds is 7. The summed E-state index contributed by atoms with van der Waals surface area (Å²) in [6.07, 6.45) is 6.29. The highest BCUT2D eigenvalue weighted by molar-refractivity contribution is 5.99. The minimum atomic E-state index is -0.133. The van der Waals surface area contributed by atoms with Gasteiger partial charge in [0.2, 0.25) is 0 Å². The zero-order valence-electron chi connectivity index (χ0n) is 18.7. The Kier molecular flexibility index (Phi) is 5.88. The fraction of sp³-hybridized carbons (Fsp3) is 0.250. The van der Waals surface area contributed by atoms with Gasteiger partial charge in [0.05, 0.1) is 18.3 Å². The quantitative estimate of drug-likeness (QED) is 0.452. The molecule has 1 N–H and O–H groups in total. The van der Waals surface area contributed by atoms with Gasteiger partial charge in [0.15, 0.2) is 5.78 Å². The number of benzene rings is 2. The molecule has 0 saturated carbocycles. The number of allylic oxidation sites excluding steroid dienone is 2. The summed E-state index contributed by atoms with van der Waals surface area (Å²) in [5.74, 6) is 0.144. The van der Waals surface area contributed by atoms with E-state index in [9.17, 15) is 9.90 Å². The molecule has 1 unspecified atom stereocenters. The molecule has 0 amide bonds. The van der Waals surface area contributed by atoms with E-state index in [1.165, 1.54) is 5.56 Å². The number of fused-ring (bicyclic) bond motifs is 2. The van der Waals surface area contributed by atoms with E-state index in [0.29, 0.717) is 18.5 Å². The first-order valence-corrected chi connectivity index (χ1v) is 11.4. The lowest BCUT2D eigenvalue weighted by atomic mass is 9.86. The van der Waals surface area contributed by atoms with Crippen LogP contribution in [-0.4, -0.2) is 25.7 Å². The number of carbonyl (C=O) groups is 1. The first kappa shape index (κ1) is 21.3. The van der Waals surface area contributed by atoms with Crippen molar-refractivity contribution in [1.82, 2.24) is 14.8 Å². The van der Waals surface area contributed by atoms with Crippen molar-refractivity contribution in [2.45, 2.75) is 45.3 Å². The Morgan fingerprint density at radius 3 is 2.73 bits per heavy atom. The fourth-order valence-electron chi connectivity index (χ4n) is 4.90. The van der Waals surface area contributed by atoms with E-state index >= 15 is 0 Å². The Morgan fingerprint density at radius 1 is 1.06 bits per heavy atom. The van der Waals surface area contributed by atoms with Gasteiger partial charge < -0.3 is 5.11 Å². The second kappa shape index (κ2) is 9.12. The van der Waals surface area contributed by atoms with Gasteiger partial charge in [-0.05, 0) is 48.4 Å². The average molecular weight is 438 g/mol. The van der Waals surface area contributed by atoms with Gasteiger partial charge in [0.1, 0.15) is 0 Å². The summed E-state index contributed by atoms with van der Waals surface area (Å²) in [6, 6.07) is 20.3. The van der Waals surface area contributed by atoms with Crippen LogP contribution < -0.4 is 0 Å². The van der Waals surface area contributed by atoms with Gasteiger partial charge in [-0.3, -0.25) is 14.5 Å². The van der Waals surface area contributed by atoms with E-state index in [0.717, 1.165) is 46.0 Å². The zero-order chi connectivity index (χ0) is 22.8. The van der Waals surface area contributed by atoms with Crippen molar-refractivity contribution in [3.63, 3.8) is 0 Å². The minimum Gasteiger partial charge on any atom is -0.390 e. The molecular weight excluding hydrogens is 410 g/mol. The molecule has 1 atom stereocenters. The van der Waals surface area contributed by atoms with Crippen molar-refractivity contribution in [1.29, 1.82) is 0 Å². The molecule has 4 aromatic rings. The van der Waals surface area contributed by atoms with Crippen LogP contribution in [0.1, 0.15) is 41.9 Å². The molecule has 166 valence electrons. The van der Waals surface area contributed by atoms with Crippen LogP contribution in [0.15, 0.2) is 84.2 Å². The number of hydrogen-bond acceptors (Lipinski definition) is 4. The van der Waals surface area contributed by atoms with Crippen molar-refractivity contribution in [2.75, 3.05) is 0 Å². The highest BCUT2D eigenvalue weighted by Crippen LogP contribution is 2.35. The monoisotopic (exact) mass is 437 g/mol. The van der Waals surface area contributed by atoms with E-state index in [1.54, 1.807) is 6.20 Å². The molecule has 0 radical (unpaired) electrons. The minimum absolute atomic E-state index is 0.0975. The highest BCUT2D eigenvalue weighted by atomic mass is 16.3. The lowest BCUT2D eigenvalue weighted by Gasteiger charge is -2.29. The van der Waals surface area contributed by atoms with Gasteiger partial charge in [0, 0.05) is 41.9 Å². The summed E-state index contributed by atoms with van der Waals surface area (Å²) in [4.78, 5) is 17.8. The number of aryl methyl sites for hydroxylation is 1. The number of ketones is 1. The second-order valence-electron chi connectivity index (χ2n) is 8.80. The Hall–Kier alpha value is -3.57. The predicted molar refractivity (Wildman–Crippen MR) is 129 cm³/mol. The van der Waals surface area contributed by atoms with Crippen LogP contribution in [0.5, 0.6) is 0 Å². The summed E-state index contributed by atoms with van der Waals surface area (Å²) in [5.41, 5.74) is 5.92. The summed E-state index contributed by atoms with van der Waals surface area (Å²) >= 11 is 0. The maximum absolute atomic E-state index is 13.7. The van der Waals surface area contributed by atoms with Gasteiger partial charge >= 0.3 is 0 Å². The molecule has 0 spiro atoms. The number of aliphatic hydroxyl groups excluding tert-OH is 1. The molecule has 5 heteroatoms. The van der Waals surface area contributed by atoms with E-state index in [4.69, 9.17) is 0 Å². The Bertz CT molecular complexity index is 1340. The molecule has 33 heavy (non-hydrogen) atoms. The van der Waals surface area contributed by atoms with Crippen molar-refractivity contribution in [3.05, 3.63) is 107 Å². The first-order chi connectivity index (χ1) is 16.1. The SMILES string of the molecule is CC1=C(C(=O)Cc2ccc3cnccc3c2)C(CCc2ccccc2)n2nc(CO)cc2C1. The number of nitrogens with zero attached hydrogens (tertiary/aromatic N) is 3. The Balaban J connectivity index is 1.45. The van der Waals surface area contributed by atoms with Crippen LogP contribution in [0, 0.1) is 0 Å². The first-order valence-electron chi connectivity index (χ1n) is 11.4. The topological polar surface area (TPSA) is 68.0 Å². The zero-order valence-corrected chi connectivity index (χ0v) is 18.7. The van der Waals surface area contributed by atoms with Crippen LogP contribution in [0.25, 0.3) is 10.8 Å². The summed E-state index contributed by atoms with van der Waals surface area (Å²) in [7, 11) is 0. The number of aliphatic hydroxyl groups is 1. The van der Waals surface area contributed by atoms with Gasteiger partial charge in [-0.2, -0.15) is 5.10 Å². The molecule has 5 nitrogen and oxygen atoms in total. The lowest BCUT2D eigenvalue weighted by molar-refractivity contribution is -0.115. The Labute approximate surface area is 193 Å². The van der Waals surface area contributed by atoms with Crippen LogP contribution in [-0.2, 0) is 30.7 Å². The van der Waals surface area contributed by atoms with E-state index in [2.05, 4.69) is 35.2 Å². The molecule has 2 aromatic heterocycles. The molecule has 1 aliphatic heterocycles. The lowest BCUT2D eigenvalue weighted by Crippen LogP contribution is -2.27. The van der Waals surface area contributed by atoms with Gasteiger partial charge in [-0.25, -0.2) is 0 Å². The maximum Gasteiger partial charge on any atom is 0.165 e. The predicted octanol–water partition coefficient (Wildman–Crippen LogP) is 4.78. The number of carbonyl (C=O) groups excluding carboxylic acids is 1. The maximum atomic E-state index is 13.7. The normalized spacial score (nSPS) is 15.6. The van der Waals surface area contributed by atoms with Crippen molar-refractivity contribution in [3.8, 4) is 0 Å². The van der Waals surface area contributed by atoms with E-state index in [-0.39, 0.29) is 18.4 Å². The van der Waals surface area contributed by atoms with Crippen molar-refractivity contribution < 1.29 is 9.90 Å². The number of aromatic nitrogens is 3. The number of hydrogen-bond donors (Lipinski definition) is 1. The average Bonchev–Trinajstić information content (AvgIpc) is 3.25. The van der Waals surface area contributed by atoms with Crippen LogP contribution in [0.3, 0.4) is 0 Å². The summed E-state index contributed by atoms with van der Waals surface area (Å²) < 4.78 is 1.97. The molecule has 1 aliphatic rings. The molecule has 2 aromatic carbocycles.